The summed E-state index contributed by atoms with van der Waals surface area (Å²) >= 11 is 3.38. The molecule has 5 heteroatoms. The number of rotatable bonds is 3. The molecule has 0 radical (unpaired) electrons. The minimum Gasteiger partial charge on any atom is -0.380 e. The number of halogens is 1. The quantitative estimate of drug-likeness (QED) is 0.933. The van der Waals surface area contributed by atoms with Crippen LogP contribution in [0.3, 0.4) is 0 Å². The molecule has 1 aliphatic rings. The second kappa shape index (κ2) is 5.43. The van der Waals surface area contributed by atoms with Gasteiger partial charge in [-0.2, -0.15) is 5.10 Å². The van der Waals surface area contributed by atoms with E-state index in [0.717, 1.165) is 18.0 Å². The van der Waals surface area contributed by atoms with Crippen LogP contribution in [0.15, 0.2) is 15.5 Å². The highest BCUT2D eigenvalue weighted by Crippen LogP contribution is 2.33. The maximum atomic E-state index is 12.0. The Kier molecular flexibility index (Phi) is 4.10. The van der Waals surface area contributed by atoms with Crippen LogP contribution in [0, 0.1) is 11.8 Å². The van der Waals surface area contributed by atoms with Crippen molar-refractivity contribution in [3.05, 3.63) is 21.0 Å². The number of hydrogen-bond donors (Lipinski definition) is 1. The molecule has 3 atom stereocenters. The van der Waals surface area contributed by atoms with Gasteiger partial charge in [-0.25, -0.2) is 4.68 Å². The number of aryl methyl sites for hydroxylation is 1. The van der Waals surface area contributed by atoms with Gasteiger partial charge < -0.3 is 5.32 Å². The van der Waals surface area contributed by atoms with Gasteiger partial charge in [0.25, 0.3) is 5.56 Å². The molecule has 4 nitrogen and oxygen atoms in total. The molecule has 1 aliphatic carbocycles. The second-order valence-electron chi connectivity index (χ2n) is 5.16. The van der Waals surface area contributed by atoms with Crippen LogP contribution in [-0.2, 0) is 6.54 Å². The maximum absolute atomic E-state index is 12.0. The van der Waals surface area contributed by atoms with Gasteiger partial charge in [-0.05, 0) is 47.5 Å². The first-order valence-corrected chi connectivity index (χ1v) is 7.36. The molecule has 18 heavy (non-hydrogen) atoms. The molecular weight excluding hydrogens is 294 g/mol. The highest BCUT2D eigenvalue weighted by Gasteiger charge is 2.30. The van der Waals surface area contributed by atoms with E-state index >= 15 is 0 Å². The molecule has 100 valence electrons. The molecule has 2 rings (SSSR count). The van der Waals surface area contributed by atoms with Crippen molar-refractivity contribution >= 4 is 21.6 Å². The standard InChI is InChI=1S/C13H20BrN3O/c1-4-17-13(18)12(14)11(7-15-17)16-10-6-5-8(2)9(10)3/h7-10,16H,4-6H2,1-3H3. The van der Waals surface area contributed by atoms with Crippen molar-refractivity contribution < 1.29 is 0 Å². The van der Waals surface area contributed by atoms with Gasteiger partial charge >= 0.3 is 0 Å². The van der Waals surface area contributed by atoms with E-state index in [0.29, 0.717) is 23.0 Å². The SMILES string of the molecule is CCn1ncc(NC2CCC(C)C2C)c(Br)c1=O. The molecule has 0 spiro atoms. The summed E-state index contributed by atoms with van der Waals surface area (Å²) in [5, 5.41) is 7.61. The fourth-order valence-corrected chi connectivity index (χ4v) is 2.98. The molecule has 0 amide bonds. The predicted octanol–water partition coefficient (Wildman–Crippen LogP) is 2.87. The van der Waals surface area contributed by atoms with Crippen LogP contribution in [0.1, 0.15) is 33.6 Å². The van der Waals surface area contributed by atoms with Crippen LogP contribution in [0.4, 0.5) is 5.69 Å². The van der Waals surface area contributed by atoms with Crippen molar-refractivity contribution in [1.29, 1.82) is 0 Å². The smallest absolute Gasteiger partial charge is 0.283 e. The summed E-state index contributed by atoms with van der Waals surface area (Å²) in [6.07, 6.45) is 4.15. The summed E-state index contributed by atoms with van der Waals surface area (Å²) in [4.78, 5) is 12.0. The van der Waals surface area contributed by atoms with Crippen LogP contribution in [0.25, 0.3) is 0 Å². The van der Waals surface area contributed by atoms with E-state index in [1.54, 1.807) is 6.20 Å². The summed E-state index contributed by atoms with van der Waals surface area (Å²) in [5.74, 6) is 1.37. The Morgan fingerprint density at radius 2 is 2.22 bits per heavy atom. The number of nitrogens with one attached hydrogen (secondary N) is 1. The van der Waals surface area contributed by atoms with Crippen LogP contribution in [-0.4, -0.2) is 15.8 Å². The van der Waals surface area contributed by atoms with Gasteiger partial charge in [0.05, 0.1) is 11.9 Å². The molecular formula is C13H20BrN3O. The van der Waals surface area contributed by atoms with Crippen LogP contribution in [0.5, 0.6) is 0 Å². The first-order valence-electron chi connectivity index (χ1n) is 6.56. The third kappa shape index (κ3) is 2.46. The normalized spacial score (nSPS) is 27.4. The van der Waals surface area contributed by atoms with Crippen LogP contribution < -0.4 is 10.9 Å². The molecule has 1 fully saturated rings. The molecule has 3 unspecified atom stereocenters. The van der Waals surface area contributed by atoms with Crippen molar-refractivity contribution in [3.63, 3.8) is 0 Å². The molecule has 1 saturated carbocycles. The number of aromatic nitrogens is 2. The zero-order valence-corrected chi connectivity index (χ0v) is 12.7. The van der Waals surface area contributed by atoms with Gasteiger partial charge in [0.15, 0.2) is 0 Å². The molecule has 0 saturated heterocycles. The lowest BCUT2D eigenvalue weighted by molar-refractivity contribution is 0.435. The molecule has 1 aromatic heterocycles. The van der Waals surface area contributed by atoms with Crippen molar-refractivity contribution in [2.45, 2.75) is 46.2 Å². The van der Waals surface area contributed by atoms with Crippen molar-refractivity contribution in [2.75, 3.05) is 5.32 Å². The van der Waals surface area contributed by atoms with Gasteiger partial charge in [0.2, 0.25) is 0 Å². The highest BCUT2D eigenvalue weighted by molar-refractivity contribution is 9.10. The van der Waals surface area contributed by atoms with E-state index in [1.165, 1.54) is 11.1 Å². The van der Waals surface area contributed by atoms with E-state index in [1.807, 2.05) is 6.92 Å². The molecule has 0 aliphatic heterocycles. The van der Waals surface area contributed by atoms with Gasteiger partial charge in [-0.3, -0.25) is 4.79 Å². The Bertz CT molecular complexity index is 486. The average molecular weight is 314 g/mol. The minimum absolute atomic E-state index is 0.0683. The third-order valence-electron chi connectivity index (χ3n) is 4.09. The molecule has 1 N–H and O–H groups in total. The number of nitrogens with zero attached hydrogens (tertiary/aromatic N) is 2. The zero-order chi connectivity index (χ0) is 13.3. The summed E-state index contributed by atoms with van der Waals surface area (Å²) < 4.78 is 2.04. The maximum Gasteiger partial charge on any atom is 0.283 e. The second-order valence-corrected chi connectivity index (χ2v) is 5.95. The Morgan fingerprint density at radius 3 is 2.78 bits per heavy atom. The van der Waals surface area contributed by atoms with Crippen molar-refractivity contribution in [1.82, 2.24) is 9.78 Å². The first kappa shape index (κ1) is 13.6. The molecule has 1 heterocycles. The highest BCUT2D eigenvalue weighted by atomic mass is 79.9. The van der Waals surface area contributed by atoms with Gasteiger partial charge in [0, 0.05) is 12.6 Å². The lowest BCUT2D eigenvalue weighted by Gasteiger charge is -2.21. The molecule has 0 aromatic carbocycles. The lowest BCUT2D eigenvalue weighted by atomic mass is 9.98. The number of hydrogen-bond acceptors (Lipinski definition) is 3. The van der Waals surface area contributed by atoms with Gasteiger partial charge in [-0.1, -0.05) is 13.8 Å². The Labute approximate surface area is 116 Å². The third-order valence-corrected chi connectivity index (χ3v) is 4.86. The monoisotopic (exact) mass is 313 g/mol. The van der Waals surface area contributed by atoms with E-state index in [-0.39, 0.29) is 5.56 Å². The Balaban J connectivity index is 2.20. The average Bonchev–Trinajstić information content (AvgIpc) is 2.67. The van der Waals surface area contributed by atoms with E-state index < -0.39 is 0 Å². The van der Waals surface area contributed by atoms with Crippen LogP contribution in [0.2, 0.25) is 0 Å². The molecule has 1 aromatic rings. The van der Waals surface area contributed by atoms with E-state index in [2.05, 4.69) is 40.2 Å². The first-order chi connectivity index (χ1) is 8.54. The summed E-state index contributed by atoms with van der Waals surface area (Å²) in [6.45, 7) is 7.06. The summed E-state index contributed by atoms with van der Waals surface area (Å²) in [5.41, 5.74) is 0.747. The molecule has 0 bridgehead atoms. The Hall–Kier alpha value is -0.840. The lowest BCUT2D eigenvalue weighted by Crippen LogP contribution is -2.28. The largest absolute Gasteiger partial charge is 0.380 e. The van der Waals surface area contributed by atoms with E-state index in [9.17, 15) is 4.79 Å². The zero-order valence-electron chi connectivity index (χ0n) is 11.1. The summed E-state index contributed by atoms with van der Waals surface area (Å²) in [6, 6.07) is 0.440. The Morgan fingerprint density at radius 1 is 1.50 bits per heavy atom. The minimum atomic E-state index is -0.0683. The fraction of sp³-hybridized carbons (Fsp3) is 0.692. The van der Waals surface area contributed by atoms with Gasteiger partial charge in [0.1, 0.15) is 4.47 Å². The van der Waals surface area contributed by atoms with Crippen LogP contribution >= 0.6 is 15.9 Å². The number of anilines is 1. The topological polar surface area (TPSA) is 46.9 Å². The predicted molar refractivity (Wildman–Crippen MR) is 76.8 cm³/mol. The van der Waals surface area contributed by atoms with Crippen molar-refractivity contribution in [3.8, 4) is 0 Å². The van der Waals surface area contributed by atoms with Crippen molar-refractivity contribution in [2.24, 2.45) is 11.8 Å². The van der Waals surface area contributed by atoms with E-state index in [4.69, 9.17) is 0 Å². The summed E-state index contributed by atoms with van der Waals surface area (Å²) in [7, 11) is 0. The van der Waals surface area contributed by atoms with Gasteiger partial charge in [-0.15, -0.1) is 0 Å². The fourth-order valence-electron chi connectivity index (χ4n) is 2.56.